The van der Waals surface area contributed by atoms with Crippen molar-refractivity contribution in [2.45, 2.75) is 102 Å². The first-order valence-corrected chi connectivity index (χ1v) is 24.3. The van der Waals surface area contributed by atoms with Crippen LogP contribution in [0.2, 0.25) is 0 Å². The van der Waals surface area contributed by atoms with Crippen LogP contribution < -0.4 is 20.3 Å². The minimum Gasteiger partial charge on any atom is -0.507 e. The molecule has 0 spiro atoms. The Morgan fingerprint density at radius 2 is 1.80 bits per heavy atom. The highest BCUT2D eigenvalue weighted by atomic mass is 32.1. The molecule has 2 saturated heterocycles. The number of likely N-dealkylation sites (N-methyl/N-ethyl adjacent to an activating group) is 1. The number of aliphatic hydroxyl groups is 1. The van der Waals surface area contributed by atoms with Crippen molar-refractivity contribution in [1.29, 1.82) is 0 Å². The lowest BCUT2D eigenvalue weighted by Crippen LogP contribution is -2.60. The summed E-state index contributed by atoms with van der Waals surface area (Å²) in [5.41, 5.74) is 7.23. The van der Waals surface area contributed by atoms with Gasteiger partial charge in [0, 0.05) is 69.4 Å². The Hall–Kier alpha value is -5.62. The topological polar surface area (TPSA) is 186 Å². The number of thiazole rings is 1. The number of hydrogen-bond donors (Lipinski definition) is 4. The van der Waals surface area contributed by atoms with Crippen molar-refractivity contribution in [3.8, 4) is 33.3 Å². The molecule has 5 aromatic rings. The Labute approximate surface area is 390 Å². The number of aromatic nitrogens is 4. The van der Waals surface area contributed by atoms with Crippen molar-refractivity contribution >= 4 is 34.7 Å². The predicted molar refractivity (Wildman–Crippen MR) is 254 cm³/mol. The molecular weight excluding hydrogens is 857 g/mol. The molecule has 4 aliphatic rings. The van der Waals surface area contributed by atoms with E-state index in [0.29, 0.717) is 47.6 Å². The molecule has 17 heteroatoms. The van der Waals surface area contributed by atoms with Crippen molar-refractivity contribution in [2.24, 2.45) is 5.92 Å². The molecule has 2 amide bonds. The number of nitrogens with one attached hydrogen (secondary N) is 2. The van der Waals surface area contributed by atoms with Crippen LogP contribution in [0.15, 0.2) is 70.7 Å². The molecule has 16 nitrogen and oxygen atoms in total. The molecule has 9 rings (SSSR count). The van der Waals surface area contributed by atoms with Gasteiger partial charge < -0.3 is 44.8 Å². The van der Waals surface area contributed by atoms with Gasteiger partial charge in [-0.05, 0) is 87.0 Å². The predicted octanol–water partition coefficient (Wildman–Crippen LogP) is 6.09. The van der Waals surface area contributed by atoms with Gasteiger partial charge in [-0.2, -0.15) is 0 Å². The van der Waals surface area contributed by atoms with Crippen molar-refractivity contribution in [2.75, 3.05) is 63.1 Å². The normalized spacial score (nSPS) is 23.0. The highest BCUT2D eigenvalue weighted by molar-refractivity contribution is 7.13. The molecule has 3 fully saturated rings. The van der Waals surface area contributed by atoms with E-state index in [9.17, 15) is 19.8 Å². The average molecular weight is 919 g/mol. The Balaban J connectivity index is 0.736. The lowest BCUT2D eigenvalue weighted by atomic mass is 9.88. The van der Waals surface area contributed by atoms with Gasteiger partial charge in [0.05, 0.1) is 45.7 Å². The maximum atomic E-state index is 14.2. The van der Waals surface area contributed by atoms with Crippen LogP contribution in [0.5, 0.6) is 11.6 Å². The highest BCUT2D eigenvalue weighted by Crippen LogP contribution is 2.38. The van der Waals surface area contributed by atoms with Gasteiger partial charge in [-0.1, -0.05) is 50.2 Å². The van der Waals surface area contributed by atoms with Crippen LogP contribution >= 0.6 is 11.3 Å². The molecule has 2 aromatic carbocycles. The third-order valence-electron chi connectivity index (χ3n) is 14.2. The second kappa shape index (κ2) is 19.7. The van der Waals surface area contributed by atoms with E-state index >= 15 is 0 Å². The molecule has 4 N–H and O–H groups in total. The Kier molecular flexibility index (Phi) is 13.6. The second-order valence-corrected chi connectivity index (χ2v) is 19.7. The molecule has 3 aliphatic heterocycles. The number of carbonyl (C=O) groups excluding carboxylic acids is 2. The van der Waals surface area contributed by atoms with Crippen LogP contribution in [0.3, 0.4) is 0 Å². The average Bonchev–Trinajstić information content (AvgIpc) is 4.08. The number of carbonyl (C=O) groups is 2. The molecule has 1 saturated carbocycles. The molecule has 350 valence electrons. The van der Waals surface area contributed by atoms with Gasteiger partial charge >= 0.3 is 0 Å². The molecule has 0 bridgehead atoms. The Morgan fingerprint density at radius 3 is 2.55 bits per heavy atom. The Bertz CT molecular complexity index is 2470. The quantitative estimate of drug-likeness (QED) is 0.100. The van der Waals surface area contributed by atoms with E-state index < -0.39 is 18.1 Å². The first-order chi connectivity index (χ1) is 31.9. The van der Waals surface area contributed by atoms with Crippen LogP contribution in [-0.2, 0) is 9.59 Å². The van der Waals surface area contributed by atoms with Gasteiger partial charge in [0.1, 0.15) is 24.3 Å². The summed E-state index contributed by atoms with van der Waals surface area (Å²) in [6.45, 7) is 12.7. The van der Waals surface area contributed by atoms with Crippen LogP contribution in [0, 0.1) is 12.8 Å². The maximum absolute atomic E-state index is 14.2. The van der Waals surface area contributed by atoms with Gasteiger partial charge in [0.25, 0.3) is 5.88 Å². The van der Waals surface area contributed by atoms with Crippen molar-refractivity contribution in [1.82, 2.24) is 40.4 Å². The number of aliphatic hydroxyl groups excluding tert-OH is 1. The number of phenolic OH excluding ortho intramolecular Hbond substituents is 1. The largest absolute Gasteiger partial charge is 0.507 e. The molecule has 0 unspecified atom stereocenters. The Morgan fingerprint density at radius 1 is 1.02 bits per heavy atom. The number of aryl methyl sites for hydroxylation is 1. The lowest BCUT2D eigenvalue weighted by molar-refractivity contribution is -0.141. The summed E-state index contributed by atoms with van der Waals surface area (Å²) in [6.07, 6.45) is 3.85. The molecule has 0 radical (unpaired) electrons. The SMILES string of the molecule is Cc1ncsc1-c1ccc([C@H](C)NC(=O)[C@@H]2C[C@@H](O)CN2C(=O)[C@@H](c2cc(OCCN(C)C3CCC(N4CCN5c6cc(-c7ccccc7O)nnc6NC[C@H]5C4)CC3)no2)C(C)C)cc1. The number of benzene rings is 2. The van der Waals surface area contributed by atoms with E-state index in [-0.39, 0.29) is 42.5 Å². The third-order valence-corrected chi connectivity index (χ3v) is 15.1. The van der Waals surface area contributed by atoms with Crippen molar-refractivity contribution in [3.63, 3.8) is 0 Å². The number of β-amino-alcohol motifs (C(OH)–C–C–N with tert-alkyl or cyclic N) is 1. The number of fused-ring (bicyclic) bond motifs is 3. The van der Waals surface area contributed by atoms with E-state index in [1.807, 2.05) is 75.7 Å². The number of anilines is 2. The summed E-state index contributed by atoms with van der Waals surface area (Å²) in [5.74, 6) is 0.232. The summed E-state index contributed by atoms with van der Waals surface area (Å²) < 4.78 is 11.8. The minimum absolute atomic E-state index is 0.0619. The standard InChI is InChI=1S/C49H62N10O6S/c1-29(2)45(49(63)59-27-37(60)22-41(59)48(62)52-30(3)32-10-12-33(13-11-32)46-31(4)51-28-66-46)43-24-44(55-65-43)64-21-20-56(5)34-14-16-35(17-15-34)57-18-19-58-36(26-57)25-50-47-40(58)23-39(53-54-47)38-8-6-7-9-42(38)61/h6-13,23-24,28-30,34-37,41,45,60-61H,14-22,25-27H2,1-5H3,(H,50,54)(H,52,62)/t30-,34?,35?,36-,37+,41-,45+/m0/s1. The molecule has 66 heavy (non-hydrogen) atoms. The van der Waals surface area contributed by atoms with Crippen LogP contribution in [0.1, 0.15) is 81.9 Å². The number of ether oxygens (including phenoxy) is 1. The van der Waals surface area contributed by atoms with E-state index in [2.05, 4.69) is 58.8 Å². The maximum Gasteiger partial charge on any atom is 0.254 e. The van der Waals surface area contributed by atoms with E-state index in [0.717, 1.165) is 91.6 Å². The molecule has 5 atom stereocenters. The monoisotopic (exact) mass is 918 g/mol. The zero-order chi connectivity index (χ0) is 46.1. The summed E-state index contributed by atoms with van der Waals surface area (Å²) in [6, 6.07) is 19.3. The second-order valence-electron chi connectivity index (χ2n) is 18.8. The number of aromatic hydroxyl groups is 1. The summed E-state index contributed by atoms with van der Waals surface area (Å²) in [5, 5.41) is 40.8. The number of phenols is 1. The molecule has 1 aliphatic carbocycles. The first-order valence-electron chi connectivity index (χ1n) is 23.4. The molecular formula is C49H62N10O6S. The van der Waals surface area contributed by atoms with Crippen LogP contribution in [0.25, 0.3) is 21.7 Å². The highest BCUT2D eigenvalue weighted by Gasteiger charge is 2.44. The molecule has 3 aromatic heterocycles. The number of hydrogen-bond acceptors (Lipinski definition) is 15. The fourth-order valence-electron chi connectivity index (χ4n) is 10.4. The zero-order valence-corrected chi connectivity index (χ0v) is 39.3. The van der Waals surface area contributed by atoms with E-state index in [4.69, 9.17) is 9.26 Å². The third kappa shape index (κ3) is 9.62. The number of rotatable bonds is 14. The number of amides is 2. The van der Waals surface area contributed by atoms with Gasteiger partial charge in [-0.3, -0.25) is 14.5 Å². The smallest absolute Gasteiger partial charge is 0.254 e. The van der Waals surface area contributed by atoms with Crippen LogP contribution in [-0.4, -0.2) is 140 Å². The van der Waals surface area contributed by atoms with Gasteiger partial charge in [0.15, 0.2) is 11.6 Å². The number of likely N-dealkylation sites (tertiary alicyclic amines) is 1. The molecule has 6 heterocycles. The minimum atomic E-state index is -0.820. The fraction of sp³-hybridized carbons (Fsp3) is 0.510. The first kappa shape index (κ1) is 45.5. The lowest BCUT2D eigenvalue weighted by Gasteiger charge is -2.49. The van der Waals surface area contributed by atoms with Gasteiger partial charge in [0.2, 0.25) is 11.8 Å². The van der Waals surface area contributed by atoms with E-state index in [1.165, 1.54) is 4.90 Å². The summed E-state index contributed by atoms with van der Waals surface area (Å²) in [4.78, 5) is 42.5. The summed E-state index contributed by atoms with van der Waals surface area (Å²) >= 11 is 1.59. The van der Waals surface area contributed by atoms with Crippen LogP contribution in [0.4, 0.5) is 11.5 Å². The number of para-hydroxylation sites is 1. The number of piperazine rings is 1. The van der Waals surface area contributed by atoms with Crippen molar-refractivity contribution < 1.29 is 29.1 Å². The van der Waals surface area contributed by atoms with E-state index in [1.54, 1.807) is 23.5 Å². The number of nitrogens with zero attached hydrogens (tertiary/aromatic N) is 8. The summed E-state index contributed by atoms with van der Waals surface area (Å²) in [7, 11) is 2.16. The van der Waals surface area contributed by atoms with Crippen molar-refractivity contribution in [3.05, 3.63) is 83.2 Å². The van der Waals surface area contributed by atoms with Gasteiger partial charge in [-0.15, -0.1) is 21.5 Å². The van der Waals surface area contributed by atoms with Gasteiger partial charge in [-0.25, -0.2) is 4.98 Å². The zero-order valence-electron chi connectivity index (χ0n) is 38.5. The fourth-order valence-corrected chi connectivity index (χ4v) is 11.2.